The van der Waals surface area contributed by atoms with Crippen molar-refractivity contribution in [2.24, 2.45) is 11.8 Å². The number of nitrogens with zero attached hydrogens (tertiary/aromatic N) is 3. The van der Waals surface area contributed by atoms with Gasteiger partial charge in [-0.15, -0.1) is 0 Å². The molecule has 120 valence electrons. The van der Waals surface area contributed by atoms with E-state index >= 15 is 0 Å². The van der Waals surface area contributed by atoms with Gasteiger partial charge in [-0.05, 0) is 31.8 Å². The molecule has 3 unspecified atom stereocenters. The number of aliphatic carboxylic acids is 1. The number of amides is 2. The van der Waals surface area contributed by atoms with Gasteiger partial charge in [0, 0.05) is 32.7 Å². The third-order valence-corrected chi connectivity index (χ3v) is 4.92. The van der Waals surface area contributed by atoms with E-state index < -0.39 is 11.9 Å². The maximum atomic E-state index is 12.5. The van der Waals surface area contributed by atoms with E-state index in [9.17, 15) is 9.59 Å². The lowest BCUT2D eigenvalue weighted by Gasteiger charge is -2.30. The molecular formula is C15H27N3O3. The highest BCUT2D eigenvalue weighted by Gasteiger charge is 2.38. The van der Waals surface area contributed by atoms with E-state index in [0.29, 0.717) is 19.1 Å². The van der Waals surface area contributed by atoms with E-state index in [1.165, 1.54) is 6.42 Å². The maximum absolute atomic E-state index is 12.5. The second-order valence-electron chi connectivity index (χ2n) is 6.41. The summed E-state index contributed by atoms with van der Waals surface area (Å²) in [5.74, 6) is -1.20. The molecule has 2 amide bonds. The first-order chi connectivity index (χ1) is 9.93. The van der Waals surface area contributed by atoms with Crippen LogP contribution in [0.25, 0.3) is 0 Å². The lowest BCUT2D eigenvalue weighted by molar-refractivity contribution is -0.142. The molecule has 21 heavy (non-hydrogen) atoms. The third kappa shape index (κ3) is 3.48. The molecule has 0 aromatic rings. The van der Waals surface area contributed by atoms with Gasteiger partial charge < -0.3 is 14.9 Å². The Bertz CT molecular complexity index is 402. The van der Waals surface area contributed by atoms with Crippen molar-refractivity contribution < 1.29 is 14.7 Å². The normalized spacial score (nSPS) is 29.9. The van der Waals surface area contributed by atoms with Crippen molar-refractivity contribution in [3.05, 3.63) is 0 Å². The Labute approximate surface area is 126 Å². The fraction of sp³-hybridized carbons (Fsp3) is 0.867. The zero-order valence-electron chi connectivity index (χ0n) is 13.3. The summed E-state index contributed by atoms with van der Waals surface area (Å²) in [5.41, 5.74) is 0. The van der Waals surface area contributed by atoms with Crippen molar-refractivity contribution in [2.75, 3.05) is 39.8 Å². The van der Waals surface area contributed by atoms with Crippen molar-refractivity contribution in [3.63, 3.8) is 0 Å². The summed E-state index contributed by atoms with van der Waals surface area (Å²) in [6.07, 6.45) is 2.34. The van der Waals surface area contributed by atoms with E-state index in [-0.39, 0.29) is 11.9 Å². The molecule has 2 fully saturated rings. The average molecular weight is 297 g/mol. The molecule has 0 spiro atoms. The van der Waals surface area contributed by atoms with Crippen LogP contribution in [-0.2, 0) is 4.79 Å². The number of urea groups is 1. The summed E-state index contributed by atoms with van der Waals surface area (Å²) in [7, 11) is 1.83. The molecule has 1 N–H and O–H groups in total. The molecule has 0 aliphatic carbocycles. The van der Waals surface area contributed by atoms with Gasteiger partial charge in [0.25, 0.3) is 0 Å². The summed E-state index contributed by atoms with van der Waals surface area (Å²) in [5, 5.41) is 9.16. The van der Waals surface area contributed by atoms with Crippen LogP contribution >= 0.6 is 0 Å². The van der Waals surface area contributed by atoms with Gasteiger partial charge in [0.2, 0.25) is 0 Å². The van der Waals surface area contributed by atoms with Gasteiger partial charge in [-0.2, -0.15) is 0 Å². The Morgan fingerprint density at radius 3 is 2.62 bits per heavy atom. The second-order valence-corrected chi connectivity index (χ2v) is 6.41. The number of hydrogen-bond acceptors (Lipinski definition) is 3. The van der Waals surface area contributed by atoms with E-state index in [2.05, 4.69) is 11.8 Å². The largest absolute Gasteiger partial charge is 0.481 e. The Morgan fingerprint density at radius 2 is 2.05 bits per heavy atom. The van der Waals surface area contributed by atoms with Crippen LogP contribution in [0.2, 0.25) is 0 Å². The van der Waals surface area contributed by atoms with Gasteiger partial charge in [0.15, 0.2) is 0 Å². The Balaban J connectivity index is 1.89. The Morgan fingerprint density at radius 1 is 1.33 bits per heavy atom. The minimum atomic E-state index is -0.798. The molecule has 2 saturated heterocycles. The highest BCUT2D eigenvalue weighted by Crippen LogP contribution is 2.24. The van der Waals surface area contributed by atoms with E-state index in [1.54, 1.807) is 9.80 Å². The van der Waals surface area contributed by atoms with Crippen molar-refractivity contribution >= 4 is 12.0 Å². The lowest BCUT2D eigenvalue weighted by atomic mass is 9.99. The van der Waals surface area contributed by atoms with E-state index in [4.69, 9.17) is 5.11 Å². The van der Waals surface area contributed by atoms with Gasteiger partial charge in [0.1, 0.15) is 0 Å². The zero-order chi connectivity index (χ0) is 15.6. The number of carbonyl (C=O) groups is 2. The fourth-order valence-corrected chi connectivity index (χ4v) is 3.60. The third-order valence-electron chi connectivity index (χ3n) is 4.92. The molecule has 2 rings (SSSR count). The molecule has 2 heterocycles. The molecule has 0 radical (unpaired) electrons. The minimum Gasteiger partial charge on any atom is -0.481 e. The van der Waals surface area contributed by atoms with Crippen molar-refractivity contribution in [1.82, 2.24) is 14.7 Å². The molecule has 2 aliphatic rings. The first-order valence-corrected chi connectivity index (χ1v) is 7.91. The molecule has 2 aliphatic heterocycles. The molecule has 6 heteroatoms. The SMILES string of the molecule is CCN1CCCC1CN(C)C(=O)N1CC(C)C(C(=O)O)C1. The van der Waals surface area contributed by atoms with Crippen molar-refractivity contribution in [2.45, 2.75) is 32.7 Å². The quantitative estimate of drug-likeness (QED) is 0.846. The van der Waals surface area contributed by atoms with Crippen LogP contribution in [0.5, 0.6) is 0 Å². The minimum absolute atomic E-state index is 0.0264. The number of hydrogen-bond donors (Lipinski definition) is 1. The summed E-state index contributed by atoms with van der Waals surface area (Å²) in [6.45, 7) is 7.81. The number of rotatable bonds is 4. The van der Waals surface area contributed by atoms with Crippen LogP contribution in [0.1, 0.15) is 26.7 Å². The number of carboxylic acids is 1. The first kappa shape index (κ1) is 16.1. The molecule has 0 aromatic heterocycles. The van der Waals surface area contributed by atoms with Gasteiger partial charge >= 0.3 is 12.0 Å². The highest BCUT2D eigenvalue weighted by molar-refractivity contribution is 5.77. The molecule has 0 aromatic carbocycles. The molecule has 6 nitrogen and oxygen atoms in total. The zero-order valence-corrected chi connectivity index (χ0v) is 13.3. The summed E-state index contributed by atoms with van der Waals surface area (Å²) < 4.78 is 0. The summed E-state index contributed by atoms with van der Waals surface area (Å²) >= 11 is 0. The van der Waals surface area contributed by atoms with Crippen LogP contribution in [0.15, 0.2) is 0 Å². The Hall–Kier alpha value is -1.30. The Kier molecular flexibility index (Phi) is 5.08. The smallest absolute Gasteiger partial charge is 0.319 e. The lowest BCUT2D eigenvalue weighted by Crippen LogP contribution is -2.46. The van der Waals surface area contributed by atoms with Gasteiger partial charge in [0.05, 0.1) is 5.92 Å². The average Bonchev–Trinajstić information content (AvgIpc) is 3.03. The van der Waals surface area contributed by atoms with E-state index in [1.807, 2.05) is 14.0 Å². The summed E-state index contributed by atoms with van der Waals surface area (Å²) in [6, 6.07) is 0.410. The van der Waals surface area contributed by atoms with Crippen LogP contribution < -0.4 is 0 Å². The number of likely N-dealkylation sites (N-methyl/N-ethyl adjacent to an activating group) is 2. The predicted molar refractivity (Wildman–Crippen MR) is 80.2 cm³/mol. The van der Waals surface area contributed by atoms with Crippen LogP contribution in [0, 0.1) is 11.8 Å². The molecule has 0 saturated carbocycles. The van der Waals surface area contributed by atoms with Crippen LogP contribution in [0.4, 0.5) is 4.79 Å². The van der Waals surface area contributed by atoms with Crippen molar-refractivity contribution in [1.29, 1.82) is 0 Å². The van der Waals surface area contributed by atoms with Crippen molar-refractivity contribution in [3.8, 4) is 0 Å². The van der Waals surface area contributed by atoms with E-state index in [0.717, 1.165) is 26.1 Å². The van der Waals surface area contributed by atoms with Gasteiger partial charge in [-0.25, -0.2) is 4.79 Å². The standard InChI is InChI=1S/C15H27N3O3/c1-4-17-7-5-6-12(17)9-16(3)15(21)18-8-11(2)13(10-18)14(19)20/h11-13H,4-10H2,1-3H3,(H,19,20). The molecule has 3 atom stereocenters. The van der Waals surface area contributed by atoms with Crippen LogP contribution in [-0.4, -0.2) is 77.6 Å². The predicted octanol–water partition coefficient (Wildman–Crippen LogP) is 1.17. The number of carbonyl (C=O) groups excluding carboxylic acids is 1. The van der Waals surface area contributed by atoms with Gasteiger partial charge in [-0.3, -0.25) is 9.69 Å². The first-order valence-electron chi connectivity index (χ1n) is 7.91. The van der Waals surface area contributed by atoms with Crippen LogP contribution in [0.3, 0.4) is 0 Å². The number of carboxylic acid groups (broad SMARTS) is 1. The molecule has 0 bridgehead atoms. The highest BCUT2D eigenvalue weighted by atomic mass is 16.4. The van der Waals surface area contributed by atoms with Gasteiger partial charge in [-0.1, -0.05) is 13.8 Å². The summed E-state index contributed by atoms with van der Waals surface area (Å²) in [4.78, 5) is 29.5. The monoisotopic (exact) mass is 297 g/mol. The topological polar surface area (TPSA) is 64.1 Å². The fourth-order valence-electron chi connectivity index (χ4n) is 3.60. The maximum Gasteiger partial charge on any atom is 0.319 e. The molecular weight excluding hydrogens is 270 g/mol. The second kappa shape index (κ2) is 6.64. The number of likely N-dealkylation sites (tertiary alicyclic amines) is 2.